The fourth-order valence-corrected chi connectivity index (χ4v) is 3.49. The third-order valence-corrected chi connectivity index (χ3v) is 5.03. The van der Waals surface area contributed by atoms with Gasteiger partial charge in [-0.1, -0.05) is 12.1 Å². The van der Waals surface area contributed by atoms with Gasteiger partial charge in [-0.3, -0.25) is 14.3 Å². The number of halogens is 3. The van der Waals surface area contributed by atoms with Crippen LogP contribution in [0.5, 0.6) is 0 Å². The Bertz CT molecular complexity index is 843. The van der Waals surface area contributed by atoms with E-state index < -0.39 is 11.7 Å². The first kappa shape index (κ1) is 20.1. The molecule has 1 aromatic carbocycles. The molecule has 1 aromatic heterocycles. The van der Waals surface area contributed by atoms with Crippen molar-refractivity contribution in [1.29, 1.82) is 0 Å². The summed E-state index contributed by atoms with van der Waals surface area (Å²) in [5.74, 6) is -0.611. The lowest BCUT2D eigenvalue weighted by Gasteiger charge is -2.32. The molecular formula is C20H22F3N3O2. The average molecular weight is 393 g/mol. The minimum Gasteiger partial charge on any atom is -0.342 e. The third kappa shape index (κ3) is 4.79. The van der Waals surface area contributed by atoms with Gasteiger partial charge >= 0.3 is 6.18 Å². The number of hydrogen-bond acceptors (Lipinski definition) is 3. The summed E-state index contributed by atoms with van der Waals surface area (Å²) < 4.78 is 39.7. The first-order chi connectivity index (χ1) is 13.2. The van der Waals surface area contributed by atoms with Crippen molar-refractivity contribution in [3.63, 3.8) is 0 Å². The molecule has 2 aromatic rings. The molecular weight excluding hydrogens is 371 g/mol. The number of aryl methyl sites for hydroxylation is 2. The molecule has 1 atom stereocenters. The Hall–Kier alpha value is -2.64. The van der Waals surface area contributed by atoms with Gasteiger partial charge in [0, 0.05) is 44.2 Å². The van der Waals surface area contributed by atoms with Gasteiger partial charge in [-0.15, -0.1) is 0 Å². The molecule has 0 spiro atoms. The average Bonchev–Trinajstić information content (AvgIpc) is 3.10. The van der Waals surface area contributed by atoms with Gasteiger partial charge < -0.3 is 4.90 Å². The number of Topliss-reactive ketones (excluding diaryl/α,β-unsaturated/α-hetero) is 1. The second kappa shape index (κ2) is 8.16. The van der Waals surface area contributed by atoms with Crippen LogP contribution in [0.3, 0.4) is 0 Å². The summed E-state index contributed by atoms with van der Waals surface area (Å²) in [6, 6.07) is 4.28. The van der Waals surface area contributed by atoms with Crippen molar-refractivity contribution in [1.82, 2.24) is 14.7 Å². The van der Waals surface area contributed by atoms with Crippen LogP contribution >= 0.6 is 0 Å². The van der Waals surface area contributed by atoms with Gasteiger partial charge in [0.05, 0.1) is 11.8 Å². The molecule has 3 rings (SSSR count). The molecule has 1 aliphatic rings. The number of amides is 1. The SMILES string of the molecule is Cn1cc(CCC(=O)N2CCCC(C(=O)c3ccc(C(F)(F)F)cc3)C2)cn1. The Morgan fingerprint density at radius 3 is 2.54 bits per heavy atom. The summed E-state index contributed by atoms with van der Waals surface area (Å²) in [6.45, 7) is 0.911. The van der Waals surface area contributed by atoms with Crippen molar-refractivity contribution < 1.29 is 22.8 Å². The normalized spacial score (nSPS) is 17.6. The van der Waals surface area contributed by atoms with Crippen molar-refractivity contribution >= 4 is 11.7 Å². The van der Waals surface area contributed by atoms with Gasteiger partial charge in [0.15, 0.2) is 5.78 Å². The number of benzene rings is 1. The Morgan fingerprint density at radius 1 is 1.21 bits per heavy atom. The molecule has 28 heavy (non-hydrogen) atoms. The van der Waals surface area contributed by atoms with Crippen LogP contribution in [0.2, 0.25) is 0 Å². The number of alkyl halides is 3. The maximum absolute atomic E-state index is 12.7. The second-order valence-corrected chi connectivity index (χ2v) is 7.14. The highest BCUT2D eigenvalue weighted by Crippen LogP contribution is 2.30. The fourth-order valence-electron chi connectivity index (χ4n) is 3.49. The van der Waals surface area contributed by atoms with Crippen LogP contribution in [0.15, 0.2) is 36.7 Å². The number of hydrogen-bond donors (Lipinski definition) is 0. The molecule has 1 aliphatic heterocycles. The van der Waals surface area contributed by atoms with E-state index in [-0.39, 0.29) is 23.2 Å². The highest BCUT2D eigenvalue weighted by atomic mass is 19.4. The highest BCUT2D eigenvalue weighted by molar-refractivity contribution is 5.98. The molecule has 0 saturated carbocycles. The molecule has 0 radical (unpaired) electrons. The maximum Gasteiger partial charge on any atom is 0.416 e. The standard InChI is InChI=1S/C20H22F3N3O2/c1-25-12-14(11-24-25)4-9-18(27)26-10-2-3-16(13-26)19(28)15-5-7-17(8-6-15)20(21,22)23/h5-8,11-12,16H,2-4,9-10,13H2,1H3. The van der Waals surface area contributed by atoms with Crippen LogP contribution in [0.25, 0.3) is 0 Å². The molecule has 150 valence electrons. The third-order valence-electron chi connectivity index (χ3n) is 5.03. The molecule has 0 N–H and O–H groups in total. The predicted octanol–water partition coefficient (Wildman–Crippen LogP) is 3.49. The first-order valence-electron chi connectivity index (χ1n) is 9.21. The van der Waals surface area contributed by atoms with Crippen LogP contribution < -0.4 is 0 Å². The number of rotatable bonds is 5. The zero-order chi connectivity index (χ0) is 20.3. The molecule has 5 nitrogen and oxygen atoms in total. The zero-order valence-electron chi connectivity index (χ0n) is 15.6. The highest BCUT2D eigenvalue weighted by Gasteiger charge is 2.32. The van der Waals surface area contributed by atoms with Crippen LogP contribution in [0, 0.1) is 5.92 Å². The first-order valence-corrected chi connectivity index (χ1v) is 9.21. The monoisotopic (exact) mass is 393 g/mol. The predicted molar refractivity (Wildman–Crippen MR) is 96.6 cm³/mol. The van der Waals surface area contributed by atoms with E-state index in [0.717, 1.165) is 17.7 Å². The quantitative estimate of drug-likeness (QED) is 0.731. The Labute approximate surface area is 161 Å². The lowest BCUT2D eigenvalue weighted by molar-refractivity contribution is -0.137. The van der Waals surface area contributed by atoms with E-state index in [1.165, 1.54) is 12.1 Å². The smallest absolute Gasteiger partial charge is 0.342 e. The Morgan fingerprint density at radius 2 is 1.93 bits per heavy atom. The van der Waals surface area contributed by atoms with Crippen LogP contribution in [-0.2, 0) is 24.4 Å². The summed E-state index contributed by atoms with van der Waals surface area (Å²) >= 11 is 0. The van der Waals surface area contributed by atoms with Gasteiger partial charge in [-0.05, 0) is 37.0 Å². The molecule has 0 bridgehead atoms. The summed E-state index contributed by atoms with van der Waals surface area (Å²) in [5, 5.41) is 4.07. The van der Waals surface area contributed by atoms with E-state index in [4.69, 9.17) is 0 Å². The van der Waals surface area contributed by atoms with Gasteiger partial charge in [0.1, 0.15) is 0 Å². The number of carbonyl (C=O) groups is 2. The van der Waals surface area contributed by atoms with Gasteiger partial charge in [0.2, 0.25) is 5.91 Å². The van der Waals surface area contributed by atoms with Crippen LogP contribution in [0.4, 0.5) is 13.2 Å². The lowest BCUT2D eigenvalue weighted by atomic mass is 9.89. The second-order valence-electron chi connectivity index (χ2n) is 7.14. The number of carbonyl (C=O) groups excluding carboxylic acids is 2. The van der Waals surface area contributed by atoms with E-state index in [1.54, 1.807) is 15.8 Å². The van der Waals surface area contributed by atoms with E-state index in [9.17, 15) is 22.8 Å². The van der Waals surface area contributed by atoms with Crippen LogP contribution in [0.1, 0.15) is 40.7 Å². The van der Waals surface area contributed by atoms with Gasteiger partial charge in [-0.2, -0.15) is 18.3 Å². The lowest BCUT2D eigenvalue weighted by Crippen LogP contribution is -2.42. The molecule has 8 heteroatoms. The number of likely N-dealkylation sites (tertiary alicyclic amines) is 1. The summed E-state index contributed by atoms with van der Waals surface area (Å²) in [6.07, 6.45) is 1.42. The number of aromatic nitrogens is 2. The summed E-state index contributed by atoms with van der Waals surface area (Å²) in [5.41, 5.74) is 0.452. The molecule has 1 saturated heterocycles. The zero-order valence-corrected chi connectivity index (χ0v) is 15.6. The topological polar surface area (TPSA) is 55.2 Å². The van der Waals surface area contributed by atoms with Crippen molar-refractivity contribution in [2.45, 2.75) is 31.9 Å². The minimum absolute atomic E-state index is 0.0197. The minimum atomic E-state index is -4.43. The van der Waals surface area contributed by atoms with Crippen molar-refractivity contribution in [3.8, 4) is 0 Å². The molecule has 1 amide bonds. The number of nitrogens with zero attached hydrogens (tertiary/aromatic N) is 3. The van der Waals surface area contributed by atoms with Crippen molar-refractivity contribution in [3.05, 3.63) is 53.3 Å². The van der Waals surface area contributed by atoms with Gasteiger partial charge in [-0.25, -0.2) is 0 Å². The molecule has 1 unspecified atom stereocenters. The Kier molecular flexibility index (Phi) is 5.86. The van der Waals surface area contributed by atoms with E-state index >= 15 is 0 Å². The number of piperidine rings is 1. The van der Waals surface area contributed by atoms with Crippen molar-refractivity contribution in [2.75, 3.05) is 13.1 Å². The van der Waals surface area contributed by atoms with Gasteiger partial charge in [0.25, 0.3) is 0 Å². The van der Waals surface area contributed by atoms with Crippen molar-refractivity contribution in [2.24, 2.45) is 13.0 Å². The van der Waals surface area contributed by atoms with Crippen LogP contribution in [-0.4, -0.2) is 39.5 Å². The summed E-state index contributed by atoms with van der Waals surface area (Å²) in [7, 11) is 1.81. The number of ketones is 1. The molecule has 2 heterocycles. The summed E-state index contributed by atoms with van der Waals surface area (Å²) in [4.78, 5) is 26.9. The van der Waals surface area contributed by atoms with E-state index in [1.807, 2.05) is 13.2 Å². The largest absolute Gasteiger partial charge is 0.416 e. The molecule has 1 fully saturated rings. The molecule has 0 aliphatic carbocycles. The van der Waals surface area contributed by atoms with E-state index in [0.29, 0.717) is 38.8 Å². The van der Waals surface area contributed by atoms with E-state index in [2.05, 4.69) is 5.10 Å². The maximum atomic E-state index is 12.7. The fraction of sp³-hybridized carbons (Fsp3) is 0.450. The Balaban J connectivity index is 1.59.